The lowest BCUT2D eigenvalue weighted by molar-refractivity contribution is 0.0956. The van der Waals surface area contributed by atoms with Gasteiger partial charge < -0.3 is 15.4 Å². The molecule has 0 saturated heterocycles. The molecule has 9 heteroatoms. The van der Waals surface area contributed by atoms with E-state index in [1.807, 2.05) is 0 Å². The van der Waals surface area contributed by atoms with Crippen LogP contribution in [-0.2, 0) is 0 Å². The molecule has 0 aliphatic heterocycles. The number of halogens is 2. The average molecular weight is 396 g/mol. The van der Waals surface area contributed by atoms with Gasteiger partial charge in [0.25, 0.3) is 11.8 Å². The quantitative estimate of drug-likeness (QED) is 0.739. The van der Waals surface area contributed by atoms with Gasteiger partial charge in [-0.2, -0.15) is 0 Å². The summed E-state index contributed by atoms with van der Waals surface area (Å²) in [6.07, 6.45) is 0. The molecule has 0 saturated carbocycles. The highest BCUT2D eigenvalue weighted by molar-refractivity contribution is 6.37. The van der Waals surface area contributed by atoms with E-state index in [0.29, 0.717) is 10.6 Å². The molecule has 2 rings (SSSR count). The number of anilines is 1. The third-order valence-electron chi connectivity index (χ3n) is 3.34. The van der Waals surface area contributed by atoms with Crippen LogP contribution >= 0.6 is 23.2 Å². The summed E-state index contributed by atoms with van der Waals surface area (Å²) in [5.41, 5.74) is 0.750. The summed E-state index contributed by atoms with van der Waals surface area (Å²) in [6.45, 7) is 0. The fourth-order valence-corrected chi connectivity index (χ4v) is 2.57. The molecule has 0 spiro atoms. The molecular weight excluding hydrogens is 381 g/mol. The normalized spacial score (nSPS) is 10.0. The van der Waals surface area contributed by atoms with E-state index in [9.17, 15) is 14.4 Å². The zero-order valence-corrected chi connectivity index (χ0v) is 15.4. The van der Waals surface area contributed by atoms with Gasteiger partial charge >= 0.3 is 6.03 Å². The zero-order chi connectivity index (χ0) is 19.3. The Hall–Kier alpha value is -2.77. The first-order valence-corrected chi connectivity index (χ1v) is 8.08. The predicted molar refractivity (Wildman–Crippen MR) is 99.3 cm³/mol. The number of imide groups is 1. The van der Waals surface area contributed by atoms with Crippen LogP contribution in [0.3, 0.4) is 0 Å². The Bertz CT molecular complexity index is 871. The first-order chi connectivity index (χ1) is 12.3. The molecule has 4 amide bonds. The van der Waals surface area contributed by atoms with E-state index < -0.39 is 11.9 Å². The lowest BCUT2D eigenvalue weighted by Gasteiger charge is -2.12. The average Bonchev–Trinajstić information content (AvgIpc) is 2.61. The molecule has 0 bridgehead atoms. The van der Waals surface area contributed by atoms with Crippen molar-refractivity contribution in [2.75, 3.05) is 19.5 Å². The number of ether oxygens (including phenoxy) is 1. The van der Waals surface area contributed by atoms with Crippen LogP contribution in [-0.4, -0.2) is 32.0 Å². The van der Waals surface area contributed by atoms with Gasteiger partial charge in [-0.25, -0.2) is 4.79 Å². The fourth-order valence-electron chi connectivity index (χ4n) is 2.08. The molecule has 0 radical (unpaired) electrons. The van der Waals surface area contributed by atoms with Crippen LogP contribution in [0.2, 0.25) is 10.0 Å². The van der Waals surface area contributed by atoms with E-state index in [1.165, 1.54) is 50.6 Å². The summed E-state index contributed by atoms with van der Waals surface area (Å²) >= 11 is 11.7. The number of carbonyl (C=O) groups is 3. The van der Waals surface area contributed by atoms with Crippen LogP contribution in [0.4, 0.5) is 10.5 Å². The third kappa shape index (κ3) is 4.65. The molecule has 0 heterocycles. The molecule has 26 heavy (non-hydrogen) atoms. The maximum absolute atomic E-state index is 12.1. The summed E-state index contributed by atoms with van der Waals surface area (Å²) in [4.78, 5) is 35.8. The molecule has 7 nitrogen and oxygen atoms in total. The molecule has 2 aromatic rings. The van der Waals surface area contributed by atoms with E-state index in [0.717, 1.165) is 0 Å². The predicted octanol–water partition coefficient (Wildman–Crippen LogP) is 3.32. The van der Waals surface area contributed by atoms with Crippen molar-refractivity contribution < 1.29 is 19.1 Å². The lowest BCUT2D eigenvalue weighted by Crippen LogP contribution is -2.34. The summed E-state index contributed by atoms with van der Waals surface area (Å²) in [6, 6.07) is 7.97. The number of carbonyl (C=O) groups excluding carboxylic acids is 3. The third-order valence-corrected chi connectivity index (χ3v) is 3.89. The summed E-state index contributed by atoms with van der Waals surface area (Å²) in [7, 11) is 2.90. The standard InChI is InChI=1S/C17H15Cl2N3O4/c1-20-15(23)9-3-6-13(14(7-9)26-2)21-17(25)22-16(24)11-5-4-10(18)8-12(11)19/h3-8H,1-2H3,(H,20,23)(H2,21,22,24,25). The topological polar surface area (TPSA) is 96.5 Å². The highest BCUT2D eigenvalue weighted by Gasteiger charge is 2.16. The summed E-state index contributed by atoms with van der Waals surface area (Å²) in [5.74, 6) is -0.727. The van der Waals surface area contributed by atoms with Gasteiger partial charge in [0, 0.05) is 17.6 Å². The number of nitrogens with one attached hydrogen (secondary N) is 3. The van der Waals surface area contributed by atoms with E-state index >= 15 is 0 Å². The van der Waals surface area contributed by atoms with E-state index in [2.05, 4.69) is 16.0 Å². The number of rotatable bonds is 4. The zero-order valence-electron chi connectivity index (χ0n) is 13.9. The number of hydrogen-bond acceptors (Lipinski definition) is 4. The van der Waals surface area contributed by atoms with Gasteiger partial charge in [0.2, 0.25) is 0 Å². The Balaban J connectivity index is 2.12. The fraction of sp³-hybridized carbons (Fsp3) is 0.118. The molecule has 0 aromatic heterocycles. The highest BCUT2D eigenvalue weighted by atomic mass is 35.5. The molecular formula is C17H15Cl2N3O4. The Kier molecular flexibility index (Phi) is 6.43. The number of urea groups is 1. The van der Waals surface area contributed by atoms with Crippen molar-refractivity contribution in [3.8, 4) is 5.75 Å². The van der Waals surface area contributed by atoms with Crippen molar-refractivity contribution in [1.82, 2.24) is 10.6 Å². The van der Waals surface area contributed by atoms with Crippen LogP contribution in [0, 0.1) is 0 Å². The van der Waals surface area contributed by atoms with Crippen molar-refractivity contribution >= 4 is 46.7 Å². The molecule has 0 unspecified atom stereocenters. The van der Waals surface area contributed by atoms with Crippen molar-refractivity contribution in [1.29, 1.82) is 0 Å². The Morgan fingerprint density at radius 3 is 2.35 bits per heavy atom. The van der Waals surface area contributed by atoms with Gasteiger partial charge in [0.15, 0.2) is 0 Å². The second-order valence-electron chi connectivity index (χ2n) is 5.03. The van der Waals surface area contributed by atoms with Crippen LogP contribution < -0.4 is 20.7 Å². The molecule has 0 aliphatic carbocycles. The number of benzene rings is 2. The SMILES string of the molecule is CNC(=O)c1ccc(NC(=O)NC(=O)c2ccc(Cl)cc2Cl)c(OC)c1. The molecule has 2 aromatic carbocycles. The smallest absolute Gasteiger partial charge is 0.326 e. The molecule has 136 valence electrons. The summed E-state index contributed by atoms with van der Waals surface area (Å²) in [5, 5.41) is 7.61. The Labute approximate surface area is 159 Å². The van der Waals surface area contributed by atoms with Crippen molar-refractivity contribution in [2.45, 2.75) is 0 Å². The van der Waals surface area contributed by atoms with Gasteiger partial charge in [-0.3, -0.25) is 14.9 Å². The maximum atomic E-state index is 12.1. The minimum Gasteiger partial charge on any atom is -0.495 e. The lowest BCUT2D eigenvalue weighted by atomic mass is 10.1. The number of methoxy groups -OCH3 is 1. The Morgan fingerprint density at radius 2 is 1.73 bits per heavy atom. The van der Waals surface area contributed by atoms with Crippen molar-refractivity contribution in [3.05, 3.63) is 57.6 Å². The monoisotopic (exact) mass is 395 g/mol. The van der Waals surface area contributed by atoms with Gasteiger partial charge in [-0.1, -0.05) is 23.2 Å². The largest absolute Gasteiger partial charge is 0.495 e. The van der Waals surface area contributed by atoms with Crippen LogP contribution in [0.1, 0.15) is 20.7 Å². The van der Waals surface area contributed by atoms with Crippen molar-refractivity contribution in [3.63, 3.8) is 0 Å². The van der Waals surface area contributed by atoms with Gasteiger partial charge in [0.05, 0.1) is 23.4 Å². The van der Waals surface area contributed by atoms with Crippen LogP contribution in [0.15, 0.2) is 36.4 Å². The van der Waals surface area contributed by atoms with Gasteiger partial charge in [-0.05, 0) is 36.4 Å². The molecule has 3 N–H and O–H groups in total. The maximum Gasteiger partial charge on any atom is 0.326 e. The summed E-state index contributed by atoms with van der Waals surface area (Å²) < 4.78 is 5.16. The molecule has 0 fully saturated rings. The second kappa shape index (κ2) is 8.55. The molecule has 0 aliphatic rings. The van der Waals surface area contributed by atoms with E-state index in [1.54, 1.807) is 0 Å². The number of amides is 4. The van der Waals surface area contributed by atoms with Gasteiger partial charge in [-0.15, -0.1) is 0 Å². The Morgan fingerprint density at radius 1 is 1.00 bits per heavy atom. The van der Waals surface area contributed by atoms with Gasteiger partial charge in [0.1, 0.15) is 5.75 Å². The van der Waals surface area contributed by atoms with E-state index in [4.69, 9.17) is 27.9 Å². The first kappa shape index (κ1) is 19.6. The highest BCUT2D eigenvalue weighted by Crippen LogP contribution is 2.26. The van der Waals surface area contributed by atoms with Crippen molar-refractivity contribution in [2.24, 2.45) is 0 Å². The van der Waals surface area contributed by atoms with Crippen LogP contribution in [0.5, 0.6) is 5.75 Å². The second-order valence-corrected chi connectivity index (χ2v) is 5.87. The molecule has 0 atom stereocenters. The number of hydrogen-bond donors (Lipinski definition) is 3. The van der Waals surface area contributed by atoms with Crippen LogP contribution in [0.25, 0.3) is 0 Å². The minimum atomic E-state index is -0.785. The van der Waals surface area contributed by atoms with E-state index in [-0.39, 0.29) is 27.9 Å². The minimum absolute atomic E-state index is 0.105. The first-order valence-electron chi connectivity index (χ1n) is 7.33.